The summed E-state index contributed by atoms with van der Waals surface area (Å²) in [5.41, 5.74) is 16.8. The number of anilines is 1. The zero-order valence-electron chi connectivity index (χ0n) is 16.6. The summed E-state index contributed by atoms with van der Waals surface area (Å²) in [5, 5.41) is 0.262. The van der Waals surface area contributed by atoms with Crippen molar-refractivity contribution in [3.05, 3.63) is 65.0 Å². The number of nitrogens with zero attached hydrogens (tertiary/aromatic N) is 1. The summed E-state index contributed by atoms with van der Waals surface area (Å²) in [4.78, 5) is 1.90. The second-order valence-corrected chi connectivity index (χ2v) is 6.76. The zero-order valence-corrected chi connectivity index (χ0v) is 17.5. The summed E-state index contributed by atoms with van der Waals surface area (Å²) in [5.74, 6) is -0.864. The zero-order chi connectivity index (χ0) is 21.8. The molecule has 6 N–H and O–H groups in total. The van der Waals surface area contributed by atoms with Gasteiger partial charge in [-0.3, -0.25) is 5.43 Å². The lowest BCUT2D eigenvalue weighted by Gasteiger charge is -2.18. The molecule has 0 atom stereocenters. The first kappa shape index (κ1) is 24.7. The molecule has 3 rings (SSSR count). The summed E-state index contributed by atoms with van der Waals surface area (Å²) in [6.07, 6.45) is 2.13. The van der Waals surface area contributed by atoms with Crippen molar-refractivity contribution in [2.75, 3.05) is 25.0 Å². The molecule has 0 spiro atoms. The maximum Gasteiger partial charge on any atom is 0.178 e. The van der Waals surface area contributed by atoms with E-state index in [9.17, 15) is 13.2 Å². The minimum Gasteiger partial charge on any atom is -0.375 e. The monoisotopic (exact) mass is 427 g/mol. The third-order valence-corrected chi connectivity index (χ3v) is 4.15. The number of halogens is 3. The maximum atomic E-state index is 13.5. The van der Waals surface area contributed by atoms with Crippen LogP contribution in [0.4, 0.5) is 18.9 Å². The average molecular weight is 428 g/mol. The Balaban J connectivity index is 0.000000242. The third-order valence-electron chi connectivity index (χ3n) is 4.05. The maximum absolute atomic E-state index is 13.5. The van der Waals surface area contributed by atoms with E-state index in [-0.39, 0.29) is 22.6 Å². The van der Waals surface area contributed by atoms with Crippen LogP contribution in [0.15, 0.2) is 36.4 Å². The van der Waals surface area contributed by atoms with E-state index in [2.05, 4.69) is 23.1 Å². The predicted octanol–water partition coefficient (Wildman–Crippen LogP) is 3.11. The highest BCUT2D eigenvalue weighted by Crippen LogP contribution is 2.25. The van der Waals surface area contributed by atoms with Gasteiger partial charge in [0.05, 0.1) is 5.69 Å². The van der Waals surface area contributed by atoms with E-state index in [1.54, 1.807) is 26.1 Å². The number of nitrogens with one attached hydrogen (secondary N) is 2. The number of hydrogen-bond donors (Lipinski definition) is 4. The molecule has 5 nitrogen and oxygen atoms in total. The van der Waals surface area contributed by atoms with Crippen molar-refractivity contribution >= 4 is 23.0 Å². The van der Waals surface area contributed by atoms with E-state index in [1.165, 1.54) is 24.3 Å². The highest BCUT2D eigenvalue weighted by Gasteiger charge is 2.17. The number of nitrogens with two attached hydrogens (primary N) is 2. The Morgan fingerprint density at radius 1 is 1.10 bits per heavy atom. The molecule has 0 unspecified atom stereocenters. The molecule has 29 heavy (non-hydrogen) atoms. The van der Waals surface area contributed by atoms with E-state index in [0.29, 0.717) is 17.8 Å². The van der Waals surface area contributed by atoms with Crippen molar-refractivity contribution in [2.45, 2.75) is 26.3 Å². The second-order valence-electron chi connectivity index (χ2n) is 6.32. The van der Waals surface area contributed by atoms with E-state index < -0.39 is 0 Å². The van der Waals surface area contributed by atoms with Gasteiger partial charge in [-0.2, -0.15) is 0 Å². The SMILES string of the molecule is CNNC(N)=S.Cc1cc(F)c(N2CCCC2)cc1F.NCc1cccc(F)c1. The first-order valence-electron chi connectivity index (χ1n) is 9.15. The Labute approximate surface area is 175 Å². The molecule has 1 fully saturated rings. The van der Waals surface area contributed by atoms with Gasteiger partial charge < -0.3 is 16.4 Å². The Morgan fingerprint density at radius 3 is 2.21 bits per heavy atom. The quantitative estimate of drug-likeness (QED) is 0.445. The number of thiocarbonyl (C=S) groups is 1. The summed E-state index contributed by atoms with van der Waals surface area (Å²) >= 11 is 4.40. The standard InChI is InChI=1S/C11H13F2N.C7H8FN.C2H7N3S/c1-8-6-10(13)11(7-9(8)12)14-4-2-3-5-14;8-7-3-1-2-6(4-7)5-9;1-4-5-2(3)6/h6-7H,2-5H2,1H3;1-4H,5,9H2;4H,1H3,(H3,3,5,6). The van der Waals surface area contributed by atoms with Gasteiger partial charge in [0.2, 0.25) is 0 Å². The topological polar surface area (TPSA) is 79.3 Å². The molecule has 1 heterocycles. The molecule has 0 amide bonds. The van der Waals surface area contributed by atoms with Gasteiger partial charge in [-0.05, 0) is 61.3 Å². The van der Waals surface area contributed by atoms with Crippen LogP contribution in [0.2, 0.25) is 0 Å². The Hall–Kier alpha value is -2.36. The van der Waals surface area contributed by atoms with Crippen molar-refractivity contribution in [1.29, 1.82) is 0 Å². The van der Waals surface area contributed by atoms with E-state index in [0.717, 1.165) is 31.5 Å². The minimum absolute atomic E-state index is 0.224. The molecule has 0 aliphatic carbocycles. The molecule has 2 aromatic rings. The Morgan fingerprint density at radius 2 is 1.76 bits per heavy atom. The highest BCUT2D eigenvalue weighted by molar-refractivity contribution is 7.80. The van der Waals surface area contributed by atoms with E-state index >= 15 is 0 Å². The molecule has 0 aromatic heterocycles. The molecule has 1 aliphatic heterocycles. The van der Waals surface area contributed by atoms with Crippen LogP contribution >= 0.6 is 12.2 Å². The molecule has 0 saturated carbocycles. The van der Waals surface area contributed by atoms with Crippen LogP contribution in [-0.2, 0) is 6.54 Å². The number of aryl methyl sites for hydroxylation is 1. The molecule has 160 valence electrons. The molecule has 0 bridgehead atoms. The van der Waals surface area contributed by atoms with Gasteiger partial charge in [0.25, 0.3) is 0 Å². The van der Waals surface area contributed by atoms with Crippen molar-refractivity contribution in [3.63, 3.8) is 0 Å². The lowest BCUT2D eigenvalue weighted by molar-refractivity contribution is 0.589. The van der Waals surface area contributed by atoms with Gasteiger partial charge in [0.15, 0.2) is 5.11 Å². The van der Waals surface area contributed by atoms with Crippen molar-refractivity contribution in [1.82, 2.24) is 10.9 Å². The first-order chi connectivity index (χ1) is 13.8. The molecular formula is C20H28F3N5S. The van der Waals surface area contributed by atoms with Crippen molar-refractivity contribution in [2.24, 2.45) is 11.5 Å². The fourth-order valence-electron chi connectivity index (χ4n) is 2.62. The number of hydrazine groups is 1. The molecule has 2 aromatic carbocycles. The van der Waals surface area contributed by atoms with Crippen LogP contribution in [0, 0.1) is 24.4 Å². The van der Waals surface area contributed by atoms with Gasteiger partial charge in [0.1, 0.15) is 17.5 Å². The smallest absolute Gasteiger partial charge is 0.178 e. The predicted molar refractivity (Wildman–Crippen MR) is 116 cm³/mol. The number of rotatable bonds is 3. The van der Waals surface area contributed by atoms with Gasteiger partial charge in [0, 0.05) is 32.7 Å². The normalized spacial score (nSPS) is 12.4. The number of hydrogen-bond acceptors (Lipinski definition) is 4. The van der Waals surface area contributed by atoms with Crippen LogP contribution in [0.1, 0.15) is 24.0 Å². The van der Waals surface area contributed by atoms with Crippen LogP contribution < -0.4 is 27.2 Å². The van der Waals surface area contributed by atoms with Crippen molar-refractivity contribution < 1.29 is 13.2 Å². The van der Waals surface area contributed by atoms with Crippen LogP contribution in [0.25, 0.3) is 0 Å². The Kier molecular flexibility index (Phi) is 11.0. The van der Waals surface area contributed by atoms with Crippen molar-refractivity contribution in [3.8, 4) is 0 Å². The van der Waals surface area contributed by atoms with Gasteiger partial charge in [-0.25, -0.2) is 18.6 Å². The molecule has 0 radical (unpaired) electrons. The highest BCUT2D eigenvalue weighted by atomic mass is 32.1. The molecule has 1 saturated heterocycles. The largest absolute Gasteiger partial charge is 0.375 e. The Bertz CT molecular complexity index is 783. The lowest BCUT2D eigenvalue weighted by atomic mass is 10.2. The minimum atomic E-state index is -0.326. The molecule has 9 heteroatoms. The van der Waals surface area contributed by atoms with E-state index in [1.807, 2.05) is 4.90 Å². The fourth-order valence-corrected chi connectivity index (χ4v) is 2.73. The molecule has 1 aliphatic rings. The summed E-state index contributed by atoms with van der Waals surface area (Å²) in [7, 11) is 1.69. The summed E-state index contributed by atoms with van der Waals surface area (Å²) in [6.45, 7) is 3.64. The first-order valence-corrected chi connectivity index (χ1v) is 9.56. The van der Waals surface area contributed by atoms with Crippen LogP contribution in [0.3, 0.4) is 0 Å². The van der Waals surface area contributed by atoms with Gasteiger partial charge in [-0.1, -0.05) is 12.1 Å². The van der Waals surface area contributed by atoms with Crippen LogP contribution in [-0.4, -0.2) is 25.2 Å². The summed E-state index contributed by atoms with van der Waals surface area (Å²) in [6, 6.07) is 8.85. The lowest BCUT2D eigenvalue weighted by Crippen LogP contribution is -2.37. The van der Waals surface area contributed by atoms with Gasteiger partial charge in [-0.15, -0.1) is 0 Å². The van der Waals surface area contributed by atoms with Crippen LogP contribution in [0.5, 0.6) is 0 Å². The second kappa shape index (κ2) is 13.0. The summed E-state index contributed by atoms with van der Waals surface area (Å²) < 4.78 is 39.0. The molecular weight excluding hydrogens is 399 g/mol. The fraction of sp³-hybridized carbons (Fsp3) is 0.350. The van der Waals surface area contributed by atoms with E-state index in [4.69, 9.17) is 11.5 Å². The number of benzene rings is 2. The average Bonchev–Trinajstić information content (AvgIpc) is 3.20. The third kappa shape index (κ3) is 9.12. The van der Waals surface area contributed by atoms with Gasteiger partial charge >= 0.3 is 0 Å².